The third-order valence-electron chi connectivity index (χ3n) is 3.12. The van der Waals surface area contributed by atoms with E-state index in [0.29, 0.717) is 5.39 Å². The highest BCUT2D eigenvalue weighted by Gasteiger charge is 2.28. The molecule has 1 heterocycles. The average Bonchev–Trinajstić information content (AvgIpc) is 2.43. The molecule has 118 valence electrons. The number of nitrogens with one attached hydrogen (secondary N) is 1. The molecule has 1 aromatic carbocycles. The maximum atomic E-state index is 12.3. The van der Waals surface area contributed by atoms with Gasteiger partial charge in [-0.3, -0.25) is 4.79 Å². The molecule has 1 aromatic heterocycles. The number of carbonyl (C=O) groups is 1. The van der Waals surface area contributed by atoms with E-state index < -0.39 is 33.6 Å². The Bertz CT molecular complexity index is 868. The predicted molar refractivity (Wildman–Crippen MR) is 79.1 cm³/mol. The van der Waals surface area contributed by atoms with Crippen LogP contribution in [0.4, 0.5) is 0 Å². The number of benzene rings is 1. The Balaban J connectivity index is 2.43. The van der Waals surface area contributed by atoms with E-state index in [4.69, 9.17) is 9.52 Å². The Morgan fingerprint density at radius 3 is 2.50 bits per heavy atom. The van der Waals surface area contributed by atoms with Gasteiger partial charge in [-0.25, -0.2) is 13.2 Å². The molecule has 0 amide bonds. The standard InChI is InChI=1S/C14H15NO6S/c1-8(2)13(14(17)18)15-22(19,20)10-4-5-11-9(7-10)3-6-12(16)21-11/h3-8,13,15H,1-2H3,(H,17,18)/t13-/m0/s1. The van der Waals surface area contributed by atoms with Gasteiger partial charge >= 0.3 is 11.6 Å². The summed E-state index contributed by atoms with van der Waals surface area (Å²) in [5.74, 6) is -1.66. The zero-order chi connectivity index (χ0) is 16.5. The van der Waals surface area contributed by atoms with E-state index in [1.807, 2.05) is 0 Å². The largest absolute Gasteiger partial charge is 0.480 e. The van der Waals surface area contributed by atoms with Crippen molar-refractivity contribution < 1.29 is 22.7 Å². The van der Waals surface area contributed by atoms with Crippen molar-refractivity contribution >= 4 is 27.0 Å². The second-order valence-electron chi connectivity index (χ2n) is 5.14. The highest BCUT2D eigenvalue weighted by atomic mass is 32.2. The summed E-state index contributed by atoms with van der Waals surface area (Å²) in [6.45, 7) is 3.21. The molecule has 0 aliphatic carbocycles. The molecule has 7 nitrogen and oxygen atoms in total. The minimum atomic E-state index is -4.00. The van der Waals surface area contributed by atoms with E-state index in [0.717, 1.165) is 0 Å². The second kappa shape index (κ2) is 5.90. The van der Waals surface area contributed by atoms with Gasteiger partial charge in [-0.2, -0.15) is 4.72 Å². The molecule has 8 heteroatoms. The zero-order valence-corrected chi connectivity index (χ0v) is 12.8. The summed E-state index contributed by atoms with van der Waals surface area (Å²) in [6, 6.07) is 5.33. The third kappa shape index (κ3) is 3.34. The van der Waals surface area contributed by atoms with Crippen molar-refractivity contribution in [1.29, 1.82) is 0 Å². The molecule has 0 aliphatic rings. The van der Waals surface area contributed by atoms with Crippen LogP contribution in [0.2, 0.25) is 0 Å². The first-order chi connectivity index (χ1) is 10.2. The smallest absolute Gasteiger partial charge is 0.336 e. The van der Waals surface area contributed by atoms with Gasteiger partial charge < -0.3 is 9.52 Å². The molecule has 0 unspecified atom stereocenters. The van der Waals surface area contributed by atoms with Crippen LogP contribution in [-0.2, 0) is 14.8 Å². The lowest BCUT2D eigenvalue weighted by Gasteiger charge is -2.18. The van der Waals surface area contributed by atoms with Gasteiger partial charge in [-0.15, -0.1) is 0 Å². The molecule has 2 N–H and O–H groups in total. The Labute approximate surface area is 126 Å². The minimum Gasteiger partial charge on any atom is -0.480 e. The first kappa shape index (κ1) is 16.2. The first-order valence-corrected chi connectivity index (χ1v) is 7.98. The van der Waals surface area contributed by atoms with Crippen molar-refractivity contribution in [2.45, 2.75) is 24.8 Å². The van der Waals surface area contributed by atoms with Gasteiger partial charge in [-0.05, 0) is 30.2 Å². The molecule has 0 fully saturated rings. The van der Waals surface area contributed by atoms with Gasteiger partial charge in [0.05, 0.1) is 4.90 Å². The van der Waals surface area contributed by atoms with Gasteiger partial charge in [0.25, 0.3) is 0 Å². The SMILES string of the molecule is CC(C)[C@H](NS(=O)(=O)c1ccc2oc(=O)ccc2c1)C(=O)O. The zero-order valence-electron chi connectivity index (χ0n) is 11.9. The molecular formula is C14H15NO6S. The number of aliphatic carboxylic acids is 1. The number of carboxylic acids is 1. The van der Waals surface area contributed by atoms with Crippen molar-refractivity contribution in [3.8, 4) is 0 Å². The maximum Gasteiger partial charge on any atom is 0.336 e. The first-order valence-electron chi connectivity index (χ1n) is 6.50. The van der Waals surface area contributed by atoms with Crippen molar-refractivity contribution in [2.75, 3.05) is 0 Å². The highest BCUT2D eigenvalue weighted by molar-refractivity contribution is 7.89. The van der Waals surface area contributed by atoms with E-state index in [-0.39, 0.29) is 10.5 Å². The van der Waals surface area contributed by atoms with Gasteiger partial charge in [0.2, 0.25) is 10.0 Å². The number of sulfonamides is 1. The van der Waals surface area contributed by atoms with Gasteiger partial charge in [0, 0.05) is 11.5 Å². The fourth-order valence-electron chi connectivity index (χ4n) is 1.92. The van der Waals surface area contributed by atoms with Gasteiger partial charge in [-0.1, -0.05) is 13.8 Å². The molecule has 1 atom stereocenters. The summed E-state index contributed by atoms with van der Waals surface area (Å²) in [4.78, 5) is 22.1. The lowest BCUT2D eigenvalue weighted by molar-refractivity contribution is -0.140. The quantitative estimate of drug-likeness (QED) is 0.798. The van der Waals surface area contributed by atoms with Crippen molar-refractivity contribution in [1.82, 2.24) is 4.72 Å². The number of carboxylic acid groups (broad SMARTS) is 1. The summed E-state index contributed by atoms with van der Waals surface area (Å²) >= 11 is 0. The van der Waals surface area contributed by atoms with E-state index in [1.54, 1.807) is 13.8 Å². The Hall–Kier alpha value is -2.19. The average molecular weight is 325 g/mol. The van der Waals surface area contributed by atoms with Crippen LogP contribution in [0.15, 0.2) is 44.4 Å². The fourth-order valence-corrected chi connectivity index (χ4v) is 3.30. The normalized spacial score (nSPS) is 13.4. The van der Waals surface area contributed by atoms with E-state index in [1.165, 1.54) is 30.3 Å². The monoisotopic (exact) mass is 325 g/mol. The van der Waals surface area contributed by atoms with Crippen molar-refractivity contribution in [3.05, 3.63) is 40.8 Å². The van der Waals surface area contributed by atoms with E-state index in [9.17, 15) is 18.0 Å². The number of hydrogen-bond acceptors (Lipinski definition) is 5. The molecule has 22 heavy (non-hydrogen) atoms. The van der Waals surface area contributed by atoms with Crippen LogP contribution in [0.25, 0.3) is 11.0 Å². The molecule has 0 saturated carbocycles. The summed E-state index contributed by atoms with van der Waals surface area (Å²) < 4.78 is 31.7. The number of hydrogen-bond donors (Lipinski definition) is 2. The summed E-state index contributed by atoms with van der Waals surface area (Å²) in [6.07, 6.45) is 0. The predicted octanol–water partition coefficient (Wildman–Crippen LogP) is 1.18. The minimum absolute atomic E-state index is 0.0965. The second-order valence-corrected chi connectivity index (χ2v) is 6.85. The maximum absolute atomic E-state index is 12.3. The molecule has 0 spiro atoms. The molecule has 0 saturated heterocycles. The molecule has 0 aliphatic heterocycles. The summed E-state index contributed by atoms with van der Waals surface area (Å²) in [5, 5.41) is 9.51. The highest BCUT2D eigenvalue weighted by Crippen LogP contribution is 2.18. The molecule has 0 bridgehead atoms. The van der Waals surface area contributed by atoms with Crippen LogP contribution in [0.5, 0.6) is 0 Å². The fraction of sp³-hybridized carbons (Fsp3) is 0.286. The number of fused-ring (bicyclic) bond motifs is 1. The van der Waals surface area contributed by atoms with Gasteiger partial charge in [0.15, 0.2) is 0 Å². The summed E-state index contributed by atoms with van der Waals surface area (Å²) in [7, 11) is -4.00. The van der Waals surface area contributed by atoms with Crippen molar-refractivity contribution in [3.63, 3.8) is 0 Å². The van der Waals surface area contributed by atoms with Crippen molar-refractivity contribution in [2.24, 2.45) is 5.92 Å². The lowest BCUT2D eigenvalue weighted by Crippen LogP contribution is -2.44. The van der Waals surface area contributed by atoms with Crippen LogP contribution in [0.1, 0.15) is 13.8 Å². The Morgan fingerprint density at radius 1 is 1.23 bits per heavy atom. The third-order valence-corrected chi connectivity index (χ3v) is 4.55. The molecule has 2 aromatic rings. The summed E-state index contributed by atoms with van der Waals surface area (Å²) in [5.41, 5.74) is -0.280. The van der Waals surface area contributed by atoms with Crippen LogP contribution in [0, 0.1) is 5.92 Å². The van der Waals surface area contributed by atoms with Crippen LogP contribution < -0.4 is 10.3 Å². The van der Waals surface area contributed by atoms with E-state index in [2.05, 4.69) is 4.72 Å². The van der Waals surface area contributed by atoms with E-state index >= 15 is 0 Å². The van der Waals surface area contributed by atoms with Crippen LogP contribution in [0.3, 0.4) is 0 Å². The lowest BCUT2D eigenvalue weighted by atomic mass is 10.1. The number of rotatable bonds is 5. The molecular weight excluding hydrogens is 310 g/mol. The molecule has 2 rings (SSSR count). The topological polar surface area (TPSA) is 114 Å². The molecule has 0 radical (unpaired) electrons. The van der Waals surface area contributed by atoms with Crippen LogP contribution in [-0.4, -0.2) is 25.5 Å². The Morgan fingerprint density at radius 2 is 1.91 bits per heavy atom. The van der Waals surface area contributed by atoms with Gasteiger partial charge in [0.1, 0.15) is 11.6 Å². The Kier molecular flexibility index (Phi) is 4.34. The van der Waals surface area contributed by atoms with Crippen LogP contribution >= 0.6 is 0 Å².